The van der Waals surface area contributed by atoms with Crippen molar-refractivity contribution < 1.29 is 14.7 Å². The van der Waals surface area contributed by atoms with Crippen molar-refractivity contribution >= 4 is 34.6 Å². The first-order valence-electron chi connectivity index (χ1n) is 7.99. The zero-order chi connectivity index (χ0) is 18.1. The van der Waals surface area contributed by atoms with Gasteiger partial charge >= 0.3 is 5.91 Å². The molecule has 1 aliphatic heterocycles. The molecule has 1 atom stereocenters. The number of benzene rings is 1. The van der Waals surface area contributed by atoms with Gasteiger partial charge in [0.1, 0.15) is 17.6 Å². The van der Waals surface area contributed by atoms with Gasteiger partial charge in [0.25, 0.3) is 5.78 Å². The van der Waals surface area contributed by atoms with Crippen LogP contribution in [0.4, 0.5) is 5.82 Å². The van der Waals surface area contributed by atoms with Gasteiger partial charge in [-0.1, -0.05) is 42.5 Å². The standard InChI is InChI=1S/C20H14N2O3S/c23-18(13-7-2-1-3-8-13)16-17(14-9-6-12-26-14)22(20(25)19(16)24)15-10-4-5-11-21-15/h1-12,17,23H/t17-/m0/s1. The molecule has 0 unspecified atom stereocenters. The number of aliphatic hydroxyl groups excluding tert-OH is 1. The maximum absolute atomic E-state index is 12.8. The summed E-state index contributed by atoms with van der Waals surface area (Å²) in [5, 5.41) is 12.7. The maximum Gasteiger partial charge on any atom is 0.301 e. The van der Waals surface area contributed by atoms with Gasteiger partial charge in [-0.3, -0.25) is 14.5 Å². The lowest BCUT2D eigenvalue weighted by atomic mass is 10.00. The van der Waals surface area contributed by atoms with Crippen molar-refractivity contribution in [3.8, 4) is 0 Å². The highest BCUT2D eigenvalue weighted by molar-refractivity contribution is 7.10. The van der Waals surface area contributed by atoms with Crippen LogP contribution in [0.25, 0.3) is 5.76 Å². The van der Waals surface area contributed by atoms with E-state index in [2.05, 4.69) is 4.98 Å². The summed E-state index contributed by atoms with van der Waals surface area (Å²) in [7, 11) is 0. The predicted molar refractivity (Wildman–Crippen MR) is 99.8 cm³/mol. The van der Waals surface area contributed by atoms with Crippen LogP contribution >= 0.6 is 11.3 Å². The number of aromatic nitrogens is 1. The SMILES string of the molecule is O=C1C(=O)N(c2ccccn2)[C@@H](c2cccs2)C1=C(O)c1ccccc1. The number of aliphatic hydroxyl groups is 1. The number of carbonyl (C=O) groups is 2. The van der Waals surface area contributed by atoms with Crippen molar-refractivity contribution in [2.45, 2.75) is 6.04 Å². The van der Waals surface area contributed by atoms with Crippen molar-refractivity contribution in [1.29, 1.82) is 0 Å². The Balaban J connectivity index is 1.94. The molecule has 26 heavy (non-hydrogen) atoms. The topological polar surface area (TPSA) is 70.5 Å². The Hall–Kier alpha value is -3.25. The van der Waals surface area contributed by atoms with E-state index in [0.717, 1.165) is 4.88 Å². The molecule has 1 saturated heterocycles. The number of amides is 1. The largest absolute Gasteiger partial charge is 0.507 e. The number of carbonyl (C=O) groups excluding carboxylic acids is 2. The summed E-state index contributed by atoms with van der Waals surface area (Å²) in [5.74, 6) is -1.21. The van der Waals surface area contributed by atoms with Crippen LogP contribution in [0.2, 0.25) is 0 Å². The molecule has 3 aromatic rings. The van der Waals surface area contributed by atoms with Gasteiger partial charge in [-0.2, -0.15) is 0 Å². The molecular formula is C20H14N2O3S. The molecule has 0 radical (unpaired) electrons. The first-order chi connectivity index (χ1) is 12.7. The van der Waals surface area contributed by atoms with E-state index in [1.165, 1.54) is 16.2 Å². The molecule has 5 nitrogen and oxygen atoms in total. The van der Waals surface area contributed by atoms with E-state index < -0.39 is 17.7 Å². The summed E-state index contributed by atoms with van der Waals surface area (Å²) >= 11 is 1.42. The lowest BCUT2D eigenvalue weighted by Gasteiger charge is -2.22. The summed E-state index contributed by atoms with van der Waals surface area (Å²) in [6.45, 7) is 0. The molecule has 4 rings (SSSR count). The summed E-state index contributed by atoms with van der Waals surface area (Å²) in [4.78, 5) is 31.9. The van der Waals surface area contributed by atoms with Crippen LogP contribution in [0.15, 0.2) is 77.8 Å². The normalized spacial score (nSPS) is 19.1. The number of Topliss-reactive ketones (excluding diaryl/α,β-unsaturated/α-hetero) is 1. The Morgan fingerprint density at radius 3 is 2.42 bits per heavy atom. The average Bonchev–Trinajstić information content (AvgIpc) is 3.30. The molecule has 0 bridgehead atoms. The minimum absolute atomic E-state index is 0.0781. The predicted octanol–water partition coefficient (Wildman–Crippen LogP) is 3.77. The highest BCUT2D eigenvalue weighted by atomic mass is 32.1. The van der Waals surface area contributed by atoms with Crippen LogP contribution in [0, 0.1) is 0 Å². The molecule has 0 spiro atoms. The Kier molecular flexibility index (Phi) is 4.10. The van der Waals surface area contributed by atoms with Crippen molar-refractivity contribution in [1.82, 2.24) is 4.98 Å². The van der Waals surface area contributed by atoms with Crippen LogP contribution in [0.5, 0.6) is 0 Å². The number of rotatable bonds is 3. The molecule has 1 aliphatic rings. The van der Waals surface area contributed by atoms with Gasteiger partial charge in [0.15, 0.2) is 0 Å². The Morgan fingerprint density at radius 1 is 1.00 bits per heavy atom. The fourth-order valence-corrected chi connectivity index (χ4v) is 3.86. The third kappa shape index (κ3) is 2.60. The van der Waals surface area contributed by atoms with Crippen LogP contribution in [0.1, 0.15) is 16.5 Å². The van der Waals surface area contributed by atoms with Crippen LogP contribution < -0.4 is 4.90 Å². The summed E-state index contributed by atoms with van der Waals surface area (Å²) in [5.41, 5.74) is 0.572. The first kappa shape index (κ1) is 16.2. The smallest absolute Gasteiger partial charge is 0.301 e. The molecule has 1 fully saturated rings. The van der Waals surface area contributed by atoms with Crippen molar-refractivity contribution in [2.75, 3.05) is 4.90 Å². The van der Waals surface area contributed by atoms with E-state index in [-0.39, 0.29) is 11.3 Å². The molecule has 2 aromatic heterocycles. The van der Waals surface area contributed by atoms with E-state index in [1.807, 2.05) is 23.6 Å². The van der Waals surface area contributed by atoms with E-state index >= 15 is 0 Å². The zero-order valence-electron chi connectivity index (χ0n) is 13.6. The monoisotopic (exact) mass is 362 g/mol. The van der Waals surface area contributed by atoms with Gasteiger partial charge in [-0.05, 0) is 23.6 Å². The molecule has 6 heteroatoms. The summed E-state index contributed by atoms with van der Waals surface area (Å²) in [6.07, 6.45) is 1.57. The number of pyridine rings is 1. The number of ketones is 1. The maximum atomic E-state index is 12.8. The van der Waals surface area contributed by atoms with Crippen molar-refractivity contribution in [2.24, 2.45) is 0 Å². The summed E-state index contributed by atoms with van der Waals surface area (Å²) in [6, 6.07) is 16.9. The van der Waals surface area contributed by atoms with Crippen LogP contribution in [-0.2, 0) is 9.59 Å². The second kappa shape index (κ2) is 6.57. The molecule has 1 amide bonds. The first-order valence-corrected chi connectivity index (χ1v) is 8.87. The highest BCUT2D eigenvalue weighted by Crippen LogP contribution is 2.42. The Morgan fingerprint density at radius 2 is 1.77 bits per heavy atom. The van der Waals surface area contributed by atoms with Crippen LogP contribution in [-0.4, -0.2) is 21.8 Å². The molecular weight excluding hydrogens is 348 g/mol. The fourth-order valence-electron chi connectivity index (χ4n) is 3.03. The number of anilines is 1. The second-order valence-electron chi connectivity index (χ2n) is 5.74. The molecule has 1 aromatic carbocycles. The van der Waals surface area contributed by atoms with Gasteiger partial charge in [0, 0.05) is 16.6 Å². The lowest BCUT2D eigenvalue weighted by molar-refractivity contribution is -0.132. The average molecular weight is 362 g/mol. The quantitative estimate of drug-likeness (QED) is 0.437. The molecule has 0 aliphatic carbocycles. The molecule has 0 saturated carbocycles. The van der Waals surface area contributed by atoms with E-state index in [1.54, 1.807) is 48.7 Å². The number of nitrogens with zero attached hydrogens (tertiary/aromatic N) is 2. The lowest BCUT2D eigenvalue weighted by Crippen LogP contribution is -2.29. The fraction of sp³-hybridized carbons (Fsp3) is 0.0500. The van der Waals surface area contributed by atoms with E-state index in [4.69, 9.17) is 0 Å². The van der Waals surface area contributed by atoms with Gasteiger partial charge in [-0.25, -0.2) is 4.98 Å². The summed E-state index contributed by atoms with van der Waals surface area (Å²) < 4.78 is 0. The molecule has 1 N–H and O–H groups in total. The number of hydrogen-bond donors (Lipinski definition) is 1. The van der Waals surface area contributed by atoms with Crippen LogP contribution in [0.3, 0.4) is 0 Å². The zero-order valence-corrected chi connectivity index (χ0v) is 14.4. The van der Waals surface area contributed by atoms with Gasteiger partial charge in [0.2, 0.25) is 0 Å². The van der Waals surface area contributed by atoms with Crippen molar-refractivity contribution in [3.05, 3.63) is 88.3 Å². The van der Waals surface area contributed by atoms with E-state index in [0.29, 0.717) is 11.4 Å². The third-order valence-corrected chi connectivity index (χ3v) is 5.13. The number of thiophene rings is 1. The van der Waals surface area contributed by atoms with Gasteiger partial charge < -0.3 is 5.11 Å². The Labute approximate surface area is 153 Å². The van der Waals surface area contributed by atoms with Gasteiger partial charge in [0.05, 0.1) is 5.57 Å². The minimum atomic E-state index is -0.713. The molecule has 3 heterocycles. The van der Waals surface area contributed by atoms with E-state index in [9.17, 15) is 14.7 Å². The Bertz CT molecular complexity index is 982. The van der Waals surface area contributed by atoms with Gasteiger partial charge in [-0.15, -0.1) is 11.3 Å². The van der Waals surface area contributed by atoms with Crippen molar-refractivity contribution in [3.63, 3.8) is 0 Å². The minimum Gasteiger partial charge on any atom is -0.507 e. The number of hydrogen-bond acceptors (Lipinski definition) is 5. The second-order valence-corrected chi connectivity index (χ2v) is 6.72. The molecule has 128 valence electrons. The third-order valence-electron chi connectivity index (χ3n) is 4.20. The highest BCUT2D eigenvalue weighted by Gasteiger charge is 2.47.